The lowest BCUT2D eigenvalue weighted by Crippen LogP contribution is -2.06. The Balaban J connectivity index is 2.18. The van der Waals surface area contributed by atoms with Crippen molar-refractivity contribution in [3.05, 3.63) is 60.2 Å². The highest BCUT2D eigenvalue weighted by Crippen LogP contribution is 2.26. The van der Waals surface area contributed by atoms with Gasteiger partial charge in [0.25, 0.3) is 0 Å². The van der Waals surface area contributed by atoms with Gasteiger partial charge >= 0.3 is 0 Å². The third-order valence-electron chi connectivity index (χ3n) is 2.82. The van der Waals surface area contributed by atoms with Crippen molar-refractivity contribution in [3.63, 3.8) is 0 Å². The predicted octanol–water partition coefficient (Wildman–Crippen LogP) is 2.50. The summed E-state index contributed by atoms with van der Waals surface area (Å²) in [6, 6.07) is 3.85. The second kappa shape index (κ2) is 4.49. The molecule has 90 valence electrons. The second-order valence-electron chi connectivity index (χ2n) is 4.01. The fourth-order valence-electron chi connectivity index (χ4n) is 2.01. The Hall–Kier alpha value is -2.36. The summed E-state index contributed by atoms with van der Waals surface area (Å²) in [5, 5.41) is 4.28. The second-order valence-corrected chi connectivity index (χ2v) is 4.01. The largest absolute Gasteiger partial charge is 0.489 e. The van der Waals surface area contributed by atoms with E-state index in [2.05, 4.69) is 10.1 Å². The number of nitrogens with zero attached hydrogens (tertiary/aromatic N) is 3. The number of aromatic nitrogens is 3. The van der Waals surface area contributed by atoms with E-state index in [1.807, 2.05) is 48.2 Å². The summed E-state index contributed by atoms with van der Waals surface area (Å²) in [4.78, 5) is 4.33. The number of pyridine rings is 1. The molecule has 0 radical (unpaired) electrons. The minimum absolute atomic E-state index is 0.603. The first-order chi connectivity index (χ1) is 8.86. The molecule has 4 heteroatoms. The van der Waals surface area contributed by atoms with Gasteiger partial charge in [0, 0.05) is 24.2 Å². The molecule has 2 aromatic rings. The van der Waals surface area contributed by atoms with E-state index in [0.717, 1.165) is 22.7 Å². The fraction of sp³-hybridized carbons (Fsp3) is 0.143. The van der Waals surface area contributed by atoms with Crippen LogP contribution in [0.2, 0.25) is 0 Å². The maximum Gasteiger partial charge on any atom is 0.129 e. The monoisotopic (exact) mass is 239 g/mol. The molecule has 2 aromatic heterocycles. The Morgan fingerprint density at radius 1 is 1.33 bits per heavy atom. The Morgan fingerprint density at radius 2 is 2.28 bits per heavy atom. The van der Waals surface area contributed by atoms with Gasteiger partial charge in [-0.15, -0.1) is 0 Å². The summed E-state index contributed by atoms with van der Waals surface area (Å²) in [5.74, 6) is 0.855. The molecule has 18 heavy (non-hydrogen) atoms. The van der Waals surface area contributed by atoms with Crippen LogP contribution in [0.3, 0.4) is 0 Å². The highest BCUT2D eigenvalue weighted by molar-refractivity contribution is 5.70. The van der Waals surface area contributed by atoms with Crippen molar-refractivity contribution in [3.8, 4) is 5.69 Å². The number of hydrogen-bond acceptors (Lipinski definition) is 3. The normalized spacial score (nSPS) is 14.2. The third kappa shape index (κ3) is 1.82. The Bertz CT molecular complexity index is 612. The smallest absolute Gasteiger partial charge is 0.129 e. The lowest BCUT2D eigenvalue weighted by atomic mass is 10.1. The maximum absolute atomic E-state index is 5.66. The van der Waals surface area contributed by atoms with Crippen LogP contribution in [0.4, 0.5) is 0 Å². The molecule has 3 rings (SSSR count). The van der Waals surface area contributed by atoms with E-state index >= 15 is 0 Å². The van der Waals surface area contributed by atoms with Crippen molar-refractivity contribution in [2.45, 2.75) is 6.92 Å². The van der Waals surface area contributed by atoms with E-state index in [1.54, 1.807) is 12.4 Å². The molecule has 0 spiro atoms. The zero-order valence-corrected chi connectivity index (χ0v) is 10.1. The molecule has 0 N–H and O–H groups in total. The molecule has 1 aliphatic heterocycles. The number of rotatable bonds is 2. The van der Waals surface area contributed by atoms with Gasteiger partial charge in [0.05, 0.1) is 11.4 Å². The lowest BCUT2D eigenvalue weighted by Gasteiger charge is -2.16. The third-order valence-corrected chi connectivity index (χ3v) is 2.82. The number of allylic oxidation sites excluding steroid dienone is 2. The van der Waals surface area contributed by atoms with Gasteiger partial charge in [-0.3, -0.25) is 4.98 Å². The average Bonchev–Trinajstić information content (AvgIpc) is 2.93. The molecule has 0 aliphatic carbocycles. The first-order valence-electron chi connectivity index (χ1n) is 5.82. The van der Waals surface area contributed by atoms with E-state index < -0.39 is 0 Å². The number of aryl methyl sites for hydroxylation is 1. The predicted molar refractivity (Wildman–Crippen MR) is 69.2 cm³/mol. The fourth-order valence-corrected chi connectivity index (χ4v) is 2.01. The van der Waals surface area contributed by atoms with E-state index in [4.69, 9.17) is 4.74 Å². The van der Waals surface area contributed by atoms with Gasteiger partial charge in [-0.25, -0.2) is 4.68 Å². The first-order valence-corrected chi connectivity index (χ1v) is 5.82. The lowest BCUT2D eigenvalue weighted by molar-refractivity contribution is 0.316. The Labute approximate surface area is 105 Å². The summed E-state index contributed by atoms with van der Waals surface area (Å²) >= 11 is 0. The standard InChI is InChI=1S/C14H13N3O/c1-11-14(17-9-4-7-16-17)12(6-8-15-11)13-5-2-3-10-18-13/h2-9H,10H2,1H3. The van der Waals surface area contributed by atoms with Crippen molar-refractivity contribution >= 4 is 5.76 Å². The topological polar surface area (TPSA) is 39.9 Å². The quantitative estimate of drug-likeness (QED) is 0.808. The molecular weight excluding hydrogens is 226 g/mol. The van der Waals surface area contributed by atoms with Gasteiger partial charge in [-0.05, 0) is 31.2 Å². The average molecular weight is 239 g/mol. The summed E-state index contributed by atoms with van der Waals surface area (Å²) in [5.41, 5.74) is 2.90. The van der Waals surface area contributed by atoms with Crippen LogP contribution in [-0.2, 0) is 4.74 Å². The van der Waals surface area contributed by atoms with Gasteiger partial charge in [0.15, 0.2) is 0 Å². The van der Waals surface area contributed by atoms with E-state index in [0.29, 0.717) is 6.61 Å². The zero-order chi connectivity index (χ0) is 12.4. The van der Waals surface area contributed by atoms with Crippen LogP contribution in [0.25, 0.3) is 11.4 Å². The van der Waals surface area contributed by atoms with Crippen molar-refractivity contribution in [1.82, 2.24) is 14.8 Å². The molecule has 0 bridgehead atoms. The van der Waals surface area contributed by atoms with Crippen molar-refractivity contribution in [1.29, 1.82) is 0 Å². The van der Waals surface area contributed by atoms with E-state index in [9.17, 15) is 0 Å². The molecule has 1 aliphatic rings. The molecular formula is C14H13N3O. The van der Waals surface area contributed by atoms with Gasteiger partial charge < -0.3 is 4.74 Å². The van der Waals surface area contributed by atoms with Crippen LogP contribution < -0.4 is 0 Å². The summed E-state index contributed by atoms with van der Waals surface area (Å²) < 4.78 is 7.48. The van der Waals surface area contributed by atoms with Gasteiger partial charge in [0.1, 0.15) is 12.4 Å². The highest BCUT2D eigenvalue weighted by Gasteiger charge is 2.14. The molecule has 0 saturated heterocycles. The van der Waals surface area contributed by atoms with E-state index in [1.165, 1.54) is 0 Å². The molecule has 4 nitrogen and oxygen atoms in total. The van der Waals surface area contributed by atoms with Crippen molar-refractivity contribution in [2.75, 3.05) is 6.61 Å². The minimum Gasteiger partial charge on any atom is -0.489 e. The van der Waals surface area contributed by atoms with Gasteiger partial charge in [0.2, 0.25) is 0 Å². The molecule has 0 aromatic carbocycles. The minimum atomic E-state index is 0.603. The SMILES string of the molecule is Cc1nccc(C2=CC=CCO2)c1-n1cccn1. The van der Waals surface area contributed by atoms with Crippen LogP contribution in [0.15, 0.2) is 49.0 Å². The van der Waals surface area contributed by atoms with Crippen LogP contribution in [-0.4, -0.2) is 21.4 Å². The summed E-state index contributed by atoms with van der Waals surface area (Å²) in [6.07, 6.45) is 11.4. The van der Waals surface area contributed by atoms with Gasteiger partial charge in [-0.1, -0.05) is 6.08 Å². The Kier molecular flexibility index (Phi) is 2.68. The van der Waals surface area contributed by atoms with Gasteiger partial charge in [-0.2, -0.15) is 5.10 Å². The molecule has 0 unspecified atom stereocenters. The van der Waals surface area contributed by atoms with Crippen LogP contribution in [0.5, 0.6) is 0 Å². The zero-order valence-electron chi connectivity index (χ0n) is 10.1. The van der Waals surface area contributed by atoms with Crippen molar-refractivity contribution in [2.24, 2.45) is 0 Å². The van der Waals surface area contributed by atoms with E-state index in [-0.39, 0.29) is 0 Å². The molecule has 0 saturated carbocycles. The van der Waals surface area contributed by atoms with Crippen molar-refractivity contribution < 1.29 is 4.74 Å². The highest BCUT2D eigenvalue weighted by atomic mass is 16.5. The maximum atomic E-state index is 5.66. The summed E-state index contributed by atoms with van der Waals surface area (Å²) in [7, 11) is 0. The molecule has 0 atom stereocenters. The Morgan fingerprint density at radius 3 is 3.00 bits per heavy atom. The molecule has 0 amide bonds. The molecule has 3 heterocycles. The first kappa shape index (κ1) is 10.8. The number of hydrogen-bond donors (Lipinski definition) is 0. The summed E-state index contributed by atoms with van der Waals surface area (Å²) in [6.45, 7) is 2.57. The van der Waals surface area contributed by atoms with Crippen LogP contribution >= 0.6 is 0 Å². The van der Waals surface area contributed by atoms with Crippen LogP contribution in [0, 0.1) is 6.92 Å². The molecule has 0 fully saturated rings. The van der Waals surface area contributed by atoms with Crippen LogP contribution in [0.1, 0.15) is 11.3 Å². The number of ether oxygens (including phenoxy) is 1.